The summed E-state index contributed by atoms with van der Waals surface area (Å²) >= 11 is 0. The van der Waals surface area contributed by atoms with Crippen LogP contribution in [0.15, 0.2) is 42.1 Å². The van der Waals surface area contributed by atoms with Gasteiger partial charge in [-0.15, -0.1) is 0 Å². The highest BCUT2D eigenvalue weighted by atomic mass is 16.5. The number of esters is 1. The molecule has 1 aromatic rings. The number of nitrogens with zero attached hydrogens (tertiary/aromatic N) is 2. The highest BCUT2D eigenvalue weighted by Gasteiger charge is 2.25. The fourth-order valence-electron chi connectivity index (χ4n) is 2.91. The quantitative estimate of drug-likeness (QED) is 0.483. The Bertz CT molecular complexity index is 656. The average Bonchev–Trinajstić information content (AvgIpc) is 2.66. The molecule has 1 aromatic carbocycles. The number of ether oxygens (including phenoxy) is 1. The molecular weight excluding hydrogens is 318 g/mol. The topological polar surface area (TPSA) is 82.4 Å². The van der Waals surface area contributed by atoms with E-state index in [4.69, 9.17) is 0 Å². The predicted molar refractivity (Wildman–Crippen MR) is 93.2 cm³/mol. The molecule has 0 unspecified atom stereocenters. The molecular formula is C19H23N3O3. The van der Waals surface area contributed by atoms with Gasteiger partial charge in [0.2, 0.25) is 0 Å². The van der Waals surface area contributed by atoms with Gasteiger partial charge in [-0.1, -0.05) is 30.3 Å². The lowest BCUT2D eigenvalue weighted by Gasteiger charge is -2.32. The summed E-state index contributed by atoms with van der Waals surface area (Å²) in [6.45, 7) is 1.22. The molecule has 1 saturated heterocycles. The summed E-state index contributed by atoms with van der Waals surface area (Å²) in [6, 6.07) is 12.2. The van der Waals surface area contributed by atoms with Crippen LogP contribution in [-0.2, 0) is 20.7 Å². The van der Waals surface area contributed by atoms with Crippen LogP contribution in [0, 0.1) is 17.2 Å². The molecule has 1 amide bonds. The molecule has 6 nitrogen and oxygen atoms in total. The lowest BCUT2D eigenvalue weighted by atomic mass is 9.90. The van der Waals surface area contributed by atoms with Crippen LogP contribution in [0.3, 0.4) is 0 Å². The molecule has 1 N–H and O–H groups in total. The Kier molecular flexibility index (Phi) is 7.02. The van der Waals surface area contributed by atoms with Crippen LogP contribution in [0.25, 0.3) is 0 Å². The number of nitriles is 1. The molecule has 25 heavy (non-hydrogen) atoms. The third-order valence-electron chi connectivity index (χ3n) is 4.34. The molecule has 6 heteroatoms. The zero-order valence-corrected chi connectivity index (χ0v) is 14.4. The first kappa shape index (κ1) is 18.5. The van der Waals surface area contributed by atoms with Crippen molar-refractivity contribution in [2.45, 2.75) is 19.3 Å². The minimum Gasteiger partial charge on any atom is -0.468 e. The highest BCUT2D eigenvalue weighted by Crippen LogP contribution is 2.22. The second-order valence-corrected chi connectivity index (χ2v) is 6.05. The second kappa shape index (κ2) is 9.48. The van der Waals surface area contributed by atoms with Crippen LogP contribution < -0.4 is 5.32 Å². The molecule has 0 aliphatic carbocycles. The number of carbonyl (C=O) groups excluding carboxylic acids is 2. The minimum absolute atomic E-state index is 0.00501. The molecule has 0 spiro atoms. The van der Waals surface area contributed by atoms with Crippen LogP contribution in [0.2, 0.25) is 0 Å². The van der Waals surface area contributed by atoms with Gasteiger partial charge in [-0.3, -0.25) is 9.59 Å². The number of benzene rings is 1. The molecule has 1 aliphatic rings. The third-order valence-corrected chi connectivity index (χ3v) is 4.34. The Hall–Kier alpha value is -2.81. The normalized spacial score (nSPS) is 15.4. The van der Waals surface area contributed by atoms with Gasteiger partial charge >= 0.3 is 5.97 Å². The number of rotatable bonds is 6. The summed E-state index contributed by atoms with van der Waals surface area (Å²) in [6.07, 6.45) is 4.16. The first-order valence-corrected chi connectivity index (χ1v) is 8.37. The van der Waals surface area contributed by atoms with Crippen LogP contribution >= 0.6 is 0 Å². The molecule has 132 valence electrons. The van der Waals surface area contributed by atoms with E-state index in [1.807, 2.05) is 24.3 Å². The molecule has 0 aromatic heterocycles. The van der Waals surface area contributed by atoms with Gasteiger partial charge in [0.25, 0.3) is 5.91 Å². The maximum absolute atomic E-state index is 12.4. The number of hydrogen-bond acceptors (Lipinski definition) is 5. The van der Waals surface area contributed by atoms with E-state index in [0.717, 1.165) is 19.3 Å². The molecule has 2 rings (SSSR count). The SMILES string of the molecule is COC(=O)CN/C=C(/C#N)C(=O)N1CCC(Cc2ccccc2)CC1. The van der Waals surface area contributed by atoms with E-state index >= 15 is 0 Å². The summed E-state index contributed by atoms with van der Waals surface area (Å²) < 4.78 is 4.49. The Balaban J connectivity index is 1.84. The van der Waals surface area contributed by atoms with E-state index < -0.39 is 5.97 Å². The Labute approximate surface area is 148 Å². The molecule has 0 saturated carbocycles. The summed E-state index contributed by atoms with van der Waals surface area (Å²) in [4.78, 5) is 25.2. The van der Waals surface area contributed by atoms with Crippen LogP contribution in [0.1, 0.15) is 18.4 Å². The van der Waals surface area contributed by atoms with Gasteiger partial charge in [0, 0.05) is 19.3 Å². The van der Waals surface area contributed by atoms with Gasteiger partial charge in [-0.2, -0.15) is 5.26 Å². The summed E-state index contributed by atoms with van der Waals surface area (Å²) in [5.74, 6) is -0.195. The Morgan fingerprint density at radius 1 is 1.32 bits per heavy atom. The number of nitrogens with one attached hydrogen (secondary N) is 1. The monoisotopic (exact) mass is 341 g/mol. The lowest BCUT2D eigenvalue weighted by molar-refractivity contribution is -0.139. The summed E-state index contributed by atoms with van der Waals surface area (Å²) in [5, 5.41) is 11.8. The molecule has 1 fully saturated rings. The van der Waals surface area contributed by atoms with Crippen molar-refractivity contribution in [3.05, 3.63) is 47.7 Å². The third kappa shape index (κ3) is 5.64. The Morgan fingerprint density at radius 3 is 2.60 bits per heavy atom. The zero-order chi connectivity index (χ0) is 18.1. The lowest BCUT2D eigenvalue weighted by Crippen LogP contribution is -2.39. The number of amides is 1. The molecule has 1 aliphatic heterocycles. The van der Waals surface area contributed by atoms with Crippen LogP contribution in [-0.4, -0.2) is 43.5 Å². The van der Waals surface area contributed by atoms with E-state index in [0.29, 0.717) is 19.0 Å². The first-order valence-electron chi connectivity index (χ1n) is 8.37. The van der Waals surface area contributed by atoms with Crippen molar-refractivity contribution in [1.29, 1.82) is 5.26 Å². The number of carbonyl (C=O) groups is 2. The highest BCUT2D eigenvalue weighted by molar-refractivity contribution is 5.97. The van der Waals surface area contributed by atoms with Gasteiger partial charge < -0.3 is 15.0 Å². The zero-order valence-electron chi connectivity index (χ0n) is 14.4. The number of piperidine rings is 1. The number of likely N-dealkylation sites (tertiary alicyclic amines) is 1. The molecule has 0 atom stereocenters. The smallest absolute Gasteiger partial charge is 0.325 e. The fraction of sp³-hybridized carbons (Fsp3) is 0.421. The standard InChI is InChI=1S/C19H23N3O3/c1-25-18(23)14-21-13-17(12-20)19(24)22-9-7-16(8-10-22)11-15-5-3-2-4-6-15/h2-6,13,16,21H,7-11,14H2,1H3/b17-13-. The summed E-state index contributed by atoms with van der Waals surface area (Å²) in [7, 11) is 1.28. The maximum Gasteiger partial charge on any atom is 0.325 e. The van der Waals surface area contributed by atoms with E-state index in [2.05, 4.69) is 22.2 Å². The van der Waals surface area contributed by atoms with Crippen LogP contribution in [0.4, 0.5) is 0 Å². The molecule has 0 bridgehead atoms. The van der Waals surface area contributed by atoms with Crippen molar-refractivity contribution in [1.82, 2.24) is 10.2 Å². The van der Waals surface area contributed by atoms with E-state index in [-0.39, 0.29) is 18.0 Å². The van der Waals surface area contributed by atoms with E-state index in [9.17, 15) is 14.9 Å². The van der Waals surface area contributed by atoms with Gasteiger partial charge in [0.1, 0.15) is 18.2 Å². The van der Waals surface area contributed by atoms with Crippen molar-refractivity contribution in [2.24, 2.45) is 5.92 Å². The molecule has 0 radical (unpaired) electrons. The number of hydrogen-bond donors (Lipinski definition) is 1. The van der Waals surface area contributed by atoms with Gasteiger partial charge in [-0.25, -0.2) is 0 Å². The van der Waals surface area contributed by atoms with E-state index in [1.54, 1.807) is 4.90 Å². The second-order valence-electron chi connectivity index (χ2n) is 6.05. The first-order chi connectivity index (χ1) is 12.1. The summed E-state index contributed by atoms with van der Waals surface area (Å²) in [5.41, 5.74) is 1.32. The largest absolute Gasteiger partial charge is 0.468 e. The van der Waals surface area contributed by atoms with Crippen molar-refractivity contribution in [2.75, 3.05) is 26.7 Å². The van der Waals surface area contributed by atoms with E-state index in [1.165, 1.54) is 18.9 Å². The van der Waals surface area contributed by atoms with Crippen molar-refractivity contribution >= 4 is 11.9 Å². The molecule has 1 heterocycles. The number of methoxy groups -OCH3 is 1. The fourth-order valence-corrected chi connectivity index (χ4v) is 2.91. The Morgan fingerprint density at radius 2 is 2.00 bits per heavy atom. The van der Waals surface area contributed by atoms with Gasteiger partial charge in [-0.05, 0) is 30.7 Å². The predicted octanol–water partition coefficient (Wildman–Crippen LogP) is 1.64. The maximum atomic E-state index is 12.4. The van der Waals surface area contributed by atoms with Crippen molar-refractivity contribution in [3.8, 4) is 6.07 Å². The average molecular weight is 341 g/mol. The van der Waals surface area contributed by atoms with Crippen LogP contribution in [0.5, 0.6) is 0 Å². The van der Waals surface area contributed by atoms with Gasteiger partial charge in [0.05, 0.1) is 7.11 Å². The minimum atomic E-state index is -0.456. The van der Waals surface area contributed by atoms with Crippen molar-refractivity contribution in [3.63, 3.8) is 0 Å². The van der Waals surface area contributed by atoms with Crippen molar-refractivity contribution < 1.29 is 14.3 Å². The van der Waals surface area contributed by atoms with Gasteiger partial charge in [0.15, 0.2) is 0 Å².